The van der Waals surface area contributed by atoms with Crippen LogP contribution < -0.4 is 10.6 Å². The molecule has 0 bridgehead atoms. The number of halogens is 2. The summed E-state index contributed by atoms with van der Waals surface area (Å²) in [4.78, 5) is 4.24. The van der Waals surface area contributed by atoms with Gasteiger partial charge in [0, 0.05) is 37.5 Å². The van der Waals surface area contributed by atoms with E-state index >= 15 is 0 Å². The van der Waals surface area contributed by atoms with E-state index in [2.05, 4.69) is 40.8 Å². The molecule has 2 rings (SSSR count). The van der Waals surface area contributed by atoms with E-state index in [4.69, 9.17) is 0 Å². The minimum absolute atomic E-state index is 0. The Morgan fingerprint density at radius 3 is 2.54 bits per heavy atom. The molecular weight excluding hydrogens is 464 g/mol. The van der Waals surface area contributed by atoms with E-state index in [-0.39, 0.29) is 34.5 Å². The van der Waals surface area contributed by atoms with E-state index in [0.29, 0.717) is 0 Å². The lowest BCUT2D eigenvalue weighted by molar-refractivity contribution is 0.627. The lowest BCUT2D eigenvalue weighted by atomic mass is 10.2. The van der Waals surface area contributed by atoms with Gasteiger partial charge in [-0.3, -0.25) is 4.99 Å². The van der Waals surface area contributed by atoms with E-state index in [1.54, 1.807) is 23.9 Å². The second kappa shape index (κ2) is 10.8. The maximum atomic E-state index is 13.0. The lowest BCUT2D eigenvalue weighted by Gasteiger charge is -2.23. The molecule has 0 saturated carbocycles. The summed E-state index contributed by atoms with van der Waals surface area (Å²) in [5.41, 5.74) is 1.81. The Balaban J connectivity index is 0.00000338. The second-order valence-electron chi connectivity index (χ2n) is 6.29. The summed E-state index contributed by atoms with van der Waals surface area (Å²) in [5.74, 6) is 0.545. The zero-order valence-electron chi connectivity index (χ0n) is 15.6. The summed E-state index contributed by atoms with van der Waals surface area (Å²) < 4.78 is 14.9. The molecule has 2 aromatic rings. The quantitative estimate of drug-likeness (QED) is 0.354. The van der Waals surface area contributed by atoms with E-state index in [9.17, 15) is 4.39 Å². The Hall–Kier alpha value is -1.29. The highest BCUT2D eigenvalue weighted by molar-refractivity contribution is 14.0. The lowest BCUT2D eigenvalue weighted by Crippen LogP contribution is -2.43. The third-order valence-electron chi connectivity index (χ3n) is 3.87. The predicted molar refractivity (Wildman–Crippen MR) is 120 cm³/mol. The molecule has 0 aliphatic heterocycles. The Morgan fingerprint density at radius 1 is 1.23 bits per heavy atom. The van der Waals surface area contributed by atoms with Crippen molar-refractivity contribution >= 4 is 41.7 Å². The predicted octanol–water partition coefficient (Wildman–Crippen LogP) is 3.48. The van der Waals surface area contributed by atoms with Crippen molar-refractivity contribution in [1.29, 1.82) is 0 Å². The van der Waals surface area contributed by atoms with Gasteiger partial charge < -0.3 is 10.6 Å². The van der Waals surface area contributed by atoms with Crippen molar-refractivity contribution in [2.24, 2.45) is 4.99 Å². The molecule has 0 unspecified atom stereocenters. The highest BCUT2D eigenvalue weighted by Crippen LogP contribution is 2.19. The molecule has 0 atom stereocenters. The van der Waals surface area contributed by atoms with Crippen LogP contribution in [0.2, 0.25) is 0 Å². The van der Waals surface area contributed by atoms with Crippen molar-refractivity contribution in [2.45, 2.75) is 25.0 Å². The number of rotatable bonds is 7. The van der Waals surface area contributed by atoms with Gasteiger partial charge in [-0.2, -0.15) is 16.9 Å². The molecule has 144 valence electrons. The fourth-order valence-electron chi connectivity index (χ4n) is 2.13. The molecule has 0 aliphatic rings. The van der Waals surface area contributed by atoms with Crippen LogP contribution in [-0.2, 0) is 6.42 Å². The van der Waals surface area contributed by atoms with Gasteiger partial charge in [0.05, 0.1) is 11.4 Å². The number of guanidine groups is 1. The van der Waals surface area contributed by atoms with Crippen molar-refractivity contribution in [2.75, 3.05) is 26.4 Å². The smallest absolute Gasteiger partial charge is 0.191 e. The van der Waals surface area contributed by atoms with Gasteiger partial charge in [0.25, 0.3) is 0 Å². The molecule has 26 heavy (non-hydrogen) atoms. The molecular formula is C18H27FIN5S. The minimum atomic E-state index is -0.246. The molecule has 0 spiro atoms. The minimum Gasteiger partial charge on any atom is -0.356 e. The van der Waals surface area contributed by atoms with Gasteiger partial charge in [0.1, 0.15) is 5.82 Å². The number of nitrogens with one attached hydrogen (secondary N) is 2. The number of thioether (sulfide) groups is 1. The maximum absolute atomic E-state index is 13.0. The van der Waals surface area contributed by atoms with Crippen LogP contribution in [0.15, 0.2) is 41.5 Å². The number of aromatic nitrogens is 2. The monoisotopic (exact) mass is 491 g/mol. The van der Waals surface area contributed by atoms with Gasteiger partial charge in [0.15, 0.2) is 5.96 Å². The fraction of sp³-hybridized carbons (Fsp3) is 0.444. The van der Waals surface area contributed by atoms with Crippen LogP contribution in [0.4, 0.5) is 4.39 Å². The summed E-state index contributed by atoms with van der Waals surface area (Å²) in [7, 11) is 1.77. The van der Waals surface area contributed by atoms with Gasteiger partial charge >= 0.3 is 0 Å². The number of nitrogens with zero attached hydrogens (tertiary/aromatic N) is 3. The molecule has 0 radical (unpaired) electrons. The molecule has 1 aromatic carbocycles. The molecule has 5 nitrogen and oxygen atoms in total. The zero-order valence-corrected chi connectivity index (χ0v) is 18.8. The molecule has 0 amide bonds. The number of benzene rings is 1. The van der Waals surface area contributed by atoms with Crippen LogP contribution in [0.3, 0.4) is 0 Å². The van der Waals surface area contributed by atoms with E-state index in [1.807, 2.05) is 24.0 Å². The van der Waals surface area contributed by atoms with Crippen LogP contribution in [-0.4, -0.2) is 46.9 Å². The highest BCUT2D eigenvalue weighted by atomic mass is 127. The average Bonchev–Trinajstić information content (AvgIpc) is 3.07. The summed E-state index contributed by atoms with van der Waals surface area (Å²) in [6.45, 7) is 5.97. The third-order valence-corrected chi connectivity index (χ3v) is 5.12. The van der Waals surface area contributed by atoms with Crippen molar-refractivity contribution in [3.63, 3.8) is 0 Å². The van der Waals surface area contributed by atoms with Gasteiger partial charge in [-0.15, -0.1) is 24.0 Å². The summed E-state index contributed by atoms with van der Waals surface area (Å²) >= 11 is 1.82. The topological polar surface area (TPSA) is 54.2 Å². The van der Waals surface area contributed by atoms with Gasteiger partial charge in [-0.1, -0.05) is 0 Å². The molecule has 1 aromatic heterocycles. The molecule has 8 heteroatoms. The van der Waals surface area contributed by atoms with Crippen LogP contribution in [0.1, 0.15) is 19.5 Å². The summed E-state index contributed by atoms with van der Waals surface area (Å²) in [6, 6.07) is 8.26. The molecule has 0 aliphatic carbocycles. The van der Waals surface area contributed by atoms with Crippen molar-refractivity contribution in [3.8, 4) is 5.69 Å². The fourth-order valence-corrected chi connectivity index (χ4v) is 2.35. The normalized spacial score (nSPS) is 11.8. The third kappa shape index (κ3) is 7.14. The highest BCUT2D eigenvalue weighted by Gasteiger charge is 2.16. The molecule has 1 heterocycles. The summed E-state index contributed by atoms with van der Waals surface area (Å²) in [6.07, 6.45) is 4.77. The first-order chi connectivity index (χ1) is 11.9. The van der Waals surface area contributed by atoms with Crippen molar-refractivity contribution in [1.82, 2.24) is 20.4 Å². The number of hydrogen-bond donors (Lipinski definition) is 2. The van der Waals surface area contributed by atoms with Gasteiger partial charge in [-0.05, 0) is 50.4 Å². The number of hydrogen-bond acceptors (Lipinski definition) is 3. The van der Waals surface area contributed by atoms with Crippen molar-refractivity contribution in [3.05, 3.63) is 48.0 Å². The van der Waals surface area contributed by atoms with Crippen LogP contribution in [0.5, 0.6) is 0 Å². The van der Waals surface area contributed by atoms with E-state index in [1.165, 1.54) is 12.1 Å². The Morgan fingerprint density at radius 2 is 1.92 bits per heavy atom. The standard InChI is InChI=1S/C18H26FN5S.HI/c1-18(2,25-4)13-22-17(20-3)21-11-9-15-10-12-24(23-15)16-7-5-14(19)6-8-16;/h5-8,10,12H,9,11,13H2,1-4H3,(H2,20,21,22);1H. The zero-order chi connectivity index (χ0) is 18.3. The second-order valence-corrected chi connectivity index (χ2v) is 7.81. The van der Waals surface area contributed by atoms with Gasteiger partial charge in [0.2, 0.25) is 0 Å². The SMILES string of the molecule is CN=C(NCCc1ccn(-c2ccc(F)cc2)n1)NCC(C)(C)SC.I. The summed E-state index contributed by atoms with van der Waals surface area (Å²) in [5, 5.41) is 11.2. The molecule has 2 N–H and O–H groups in total. The Bertz CT molecular complexity index is 700. The first kappa shape index (κ1) is 22.8. The van der Waals surface area contributed by atoms with Gasteiger partial charge in [-0.25, -0.2) is 9.07 Å². The molecule has 0 saturated heterocycles. The maximum Gasteiger partial charge on any atom is 0.191 e. The first-order valence-electron chi connectivity index (χ1n) is 8.24. The Kier molecular flexibility index (Phi) is 9.42. The first-order valence-corrected chi connectivity index (χ1v) is 9.46. The van der Waals surface area contributed by atoms with E-state index in [0.717, 1.165) is 36.9 Å². The molecule has 0 fully saturated rings. The average molecular weight is 491 g/mol. The largest absolute Gasteiger partial charge is 0.356 e. The number of aliphatic imine (C=N–C) groups is 1. The van der Waals surface area contributed by atoms with Crippen LogP contribution >= 0.6 is 35.7 Å². The van der Waals surface area contributed by atoms with Crippen LogP contribution in [0.25, 0.3) is 5.69 Å². The van der Waals surface area contributed by atoms with Crippen molar-refractivity contribution < 1.29 is 4.39 Å². The Labute approximate surface area is 176 Å². The van der Waals surface area contributed by atoms with Crippen LogP contribution in [0, 0.1) is 5.82 Å². The van der Waals surface area contributed by atoms with E-state index < -0.39 is 0 Å².